The number of phenolic OH excluding ortho intramolecular Hbond substituents is 1. The third-order valence-electron chi connectivity index (χ3n) is 6.23. The van der Waals surface area contributed by atoms with Crippen molar-refractivity contribution in [1.82, 2.24) is 0 Å². The van der Waals surface area contributed by atoms with Gasteiger partial charge in [-0.3, -0.25) is 0 Å². The van der Waals surface area contributed by atoms with E-state index in [0.717, 1.165) is 57.3 Å². The fourth-order valence-corrected chi connectivity index (χ4v) is 5.75. The van der Waals surface area contributed by atoms with Gasteiger partial charge >= 0.3 is 0 Å². The van der Waals surface area contributed by atoms with Gasteiger partial charge in [-0.1, -0.05) is 87.4 Å². The third kappa shape index (κ3) is 4.72. The summed E-state index contributed by atoms with van der Waals surface area (Å²) in [6, 6.07) is 27.2. The number of ether oxygens (including phenoxy) is 1. The predicted molar refractivity (Wildman–Crippen MR) is 152 cm³/mol. The maximum Gasteiger partial charge on any atom is 0.133 e. The van der Waals surface area contributed by atoms with Crippen LogP contribution >= 0.6 is 22.6 Å². The monoisotopic (exact) mass is 562 g/mol. The van der Waals surface area contributed by atoms with Crippen molar-refractivity contribution in [2.45, 2.75) is 39.5 Å². The van der Waals surface area contributed by atoms with Gasteiger partial charge in [-0.05, 0) is 92.6 Å². The second-order valence-corrected chi connectivity index (χ2v) is 9.60. The molecule has 0 spiro atoms. The molecule has 0 aromatic heterocycles. The van der Waals surface area contributed by atoms with Crippen LogP contribution in [0.5, 0.6) is 11.5 Å². The lowest BCUT2D eigenvalue weighted by molar-refractivity contribution is 0.409. The van der Waals surface area contributed by atoms with Crippen LogP contribution in [0.3, 0.4) is 0 Å². The standard InChI is InChI=1S/C31H31IO2/c1-4-12-23-20-25(21-14-8-6-9-15-21)29(30-26(33)18-19-27(34-3)31(30)32)24(13-5-2)28(23)22-16-10-7-11-17-22/h6-11,14-20,33H,4-5,12-13H2,1-3H3. The van der Waals surface area contributed by atoms with E-state index in [4.69, 9.17) is 4.74 Å². The Hall–Kier alpha value is -2.79. The first-order chi connectivity index (χ1) is 16.6. The van der Waals surface area contributed by atoms with Crippen molar-refractivity contribution in [2.75, 3.05) is 7.11 Å². The molecule has 0 atom stereocenters. The van der Waals surface area contributed by atoms with E-state index in [1.54, 1.807) is 13.2 Å². The molecule has 1 N–H and O–H groups in total. The van der Waals surface area contributed by atoms with Crippen LogP contribution in [0.4, 0.5) is 0 Å². The number of phenols is 1. The molecular weight excluding hydrogens is 531 g/mol. The normalized spacial score (nSPS) is 10.9. The molecule has 0 heterocycles. The second-order valence-electron chi connectivity index (χ2n) is 8.52. The minimum absolute atomic E-state index is 0.280. The number of rotatable bonds is 8. The van der Waals surface area contributed by atoms with Gasteiger partial charge in [-0.15, -0.1) is 0 Å². The Morgan fingerprint density at radius 2 is 1.35 bits per heavy atom. The average Bonchev–Trinajstić information content (AvgIpc) is 2.86. The highest BCUT2D eigenvalue weighted by Crippen LogP contribution is 2.48. The topological polar surface area (TPSA) is 29.5 Å². The van der Waals surface area contributed by atoms with Crippen LogP contribution in [0.25, 0.3) is 33.4 Å². The number of hydrogen-bond donors (Lipinski definition) is 1. The molecule has 0 aliphatic heterocycles. The summed E-state index contributed by atoms with van der Waals surface area (Å²) in [5.41, 5.74) is 9.45. The molecule has 0 bridgehead atoms. The molecule has 0 amide bonds. The zero-order valence-corrected chi connectivity index (χ0v) is 22.2. The summed E-state index contributed by atoms with van der Waals surface area (Å²) in [4.78, 5) is 0. The van der Waals surface area contributed by atoms with Gasteiger partial charge in [-0.25, -0.2) is 0 Å². The van der Waals surface area contributed by atoms with Gasteiger partial charge in [0.25, 0.3) is 0 Å². The molecular formula is C31H31IO2. The van der Waals surface area contributed by atoms with E-state index in [9.17, 15) is 5.11 Å². The lowest BCUT2D eigenvalue weighted by Gasteiger charge is -2.25. The van der Waals surface area contributed by atoms with Crippen molar-refractivity contribution in [3.63, 3.8) is 0 Å². The van der Waals surface area contributed by atoms with Crippen molar-refractivity contribution in [3.8, 4) is 44.9 Å². The number of hydrogen-bond acceptors (Lipinski definition) is 2. The number of benzene rings is 4. The van der Waals surface area contributed by atoms with Gasteiger partial charge < -0.3 is 9.84 Å². The van der Waals surface area contributed by atoms with E-state index in [2.05, 4.69) is 97.1 Å². The fraction of sp³-hybridized carbons (Fsp3) is 0.226. The molecule has 2 nitrogen and oxygen atoms in total. The minimum Gasteiger partial charge on any atom is -0.507 e. The SMILES string of the molecule is CCCc1cc(-c2ccccc2)c(-c2c(O)ccc(OC)c2I)c(CCC)c1-c1ccccc1. The summed E-state index contributed by atoms with van der Waals surface area (Å²) in [7, 11) is 1.68. The average molecular weight is 562 g/mol. The number of aromatic hydroxyl groups is 1. The van der Waals surface area contributed by atoms with Crippen LogP contribution in [-0.4, -0.2) is 12.2 Å². The van der Waals surface area contributed by atoms with E-state index in [0.29, 0.717) is 0 Å². The molecule has 34 heavy (non-hydrogen) atoms. The Balaban J connectivity index is 2.20. The highest BCUT2D eigenvalue weighted by Gasteiger charge is 2.25. The lowest BCUT2D eigenvalue weighted by atomic mass is 9.80. The highest BCUT2D eigenvalue weighted by molar-refractivity contribution is 14.1. The van der Waals surface area contributed by atoms with Crippen molar-refractivity contribution in [1.29, 1.82) is 0 Å². The summed E-state index contributed by atoms with van der Waals surface area (Å²) in [6.45, 7) is 4.46. The number of halogens is 1. The summed E-state index contributed by atoms with van der Waals surface area (Å²) in [6.07, 6.45) is 4.00. The Kier molecular flexibility index (Phi) is 7.94. The Labute approximate surface area is 216 Å². The predicted octanol–water partition coefficient (Wildman–Crippen LogP) is 8.91. The molecule has 4 rings (SSSR count). The second kappa shape index (κ2) is 11.1. The molecule has 3 heteroatoms. The third-order valence-corrected chi connectivity index (χ3v) is 7.30. The van der Waals surface area contributed by atoms with Crippen LogP contribution in [0, 0.1) is 3.57 Å². The van der Waals surface area contributed by atoms with Crippen LogP contribution in [-0.2, 0) is 12.8 Å². The lowest BCUT2D eigenvalue weighted by Crippen LogP contribution is -2.04. The minimum atomic E-state index is 0.280. The van der Waals surface area contributed by atoms with Gasteiger partial charge in [0.1, 0.15) is 11.5 Å². The first-order valence-electron chi connectivity index (χ1n) is 12.0. The summed E-state index contributed by atoms with van der Waals surface area (Å²) < 4.78 is 6.59. The quantitative estimate of drug-likeness (QED) is 0.217. The van der Waals surface area contributed by atoms with Gasteiger partial charge in [0, 0.05) is 5.56 Å². The Bertz CT molecular complexity index is 1260. The Morgan fingerprint density at radius 1 is 0.735 bits per heavy atom. The van der Waals surface area contributed by atoms with Crippen LogP contribution in [0.1, 0.15) is 37.8 Å². The van der Waals surface area contributed by atoms with Gasteiger partial charge in [0.15, 0.2) is 0 Å². The molecule has 0 saturated carbocycles. The maximum atomic E-state index is 11.2. The molecule has 0 radical (unpaired) electrons. The van der Waals surface area contributed by atoms with Crippen molar-refractivity contribution >= 4 is 22.6 Å². The maximum absolute atomic E-state index is 11.2. The van der Waals surface area contributed by atoms with E-state index in [1.165, 1.54) is 22.3 Å². The molecule has 0 aliphatic rings. The van der Waals surface area contributed by atoms with Crippen LogP contribution < -0.4 is 4.74 Å². The molecule has 174 valence electrons. The fourth-order valence-electron chi connectivity index (χ4n) is 4.80. The van der Waals surface area contributed by atoms with Gasteiger partial charge in [-0.2, -0.15) is 0 Å². The van der Waals surface area contributed by atoms with E-state index in [1.807, 2.05) is 12.1 Å². The van der Waals surface area contributed by atoms with E-state index < -0.39 is 0 Å². The zero-order valence-electron chi connectivity index (χ0n) is 20.1. The smallest absolute Gasteiger partial charge is 0.133 e. The molecule has 4 aromatic carbocycles. The largest absolute Gasteiger partial charge is 0.507 e. The molecule has 0 unspecified atom stereocenters. The van der Waals surface area contributed by atoms with Crippen molar-refractivity contribution in [3.05, 3.63) is 93.6 Å². The Morgan fingerprint density at radius 3 is 1.94 bits per heavy atom. The van der Waals surface area contributed by atoms with Gasteiger partial charge in [0.05, 0.1) is 10.7 Å². The zero-order chi connectivity index (χ0) is 24.1. The summed E-state index contributed by atoms with van der Waals surface area (Å²) in [5, 5.41) is 11.2. The first kappa shape index (κ1) is 24.3. The van der Waals surface area contributed by atoms with Crippen molar-refractivity contribution < 1.29 is 9.84 Å². The number of aryl methyl sites for hydroxylation is 1. The highest BCUT2D eigenvalue weighted by atomic mass is 127. The van der Waals surface area contributed by atoms with Gasteiger partial charge in [0.2, 0.25) is 0 Å². The van der Waals surface area contributed by atoms with Crippen LogP contribution in [0.2, 0.25) is 0 Å². The van der Waals surface area contributed by atoms with Crippen molar-refractivity contribution in [2.24, 2.45) is 0 Å². The molecule has 0 saturated heterocycles. The summed E-state index contributed by atoms with van der Waals surface area (Å²) >= 11 is 2.32. The molecule has 4 aromatic rings. The van der Waals surface area contributed by atoms with Crippen LogP contribution in [0.15, 0.2) is 78.9 Å². The number of methoxy groups -OCH3 is 1. The molecule has 0 aliphatic carbocycles. The molecule has 0 fully saturated rings. The van der Waals surface area contributed by atoms with E-state index >= 15 is 0 Å². The first-order valence-corrected chi connectivity index (χ1v) is 13.0. The summed E-state index contributed by atoms with van der Waals surface area (Å²) in [5.74, 6) is 1.05. The van der Waals surface area contributed by atoms with E-state index in [-0.39, 0.29) is 5.75 Å².